The fourth-order valence-corrected chi connectivity index (χ4v) is 33.5. The predicted molar refractivity (Wildman–Crippen MR) is 553 cm³/mol. The van der Waals surface area contributed by atoms with Gasteiger partial charge in [-0.2, -0.15) is 0 Å². The molecule has 0 spiro atoms. The van der Waals surface area contributed by atoms with Gasteiger partial charge in [-0.1, -0.05) is 328 Å². The van der Waals surface area contributed by atoms with E-state index in [-0.39, 0.29) is 123 Å². The molecular formula is C108H96O13P10Pd6. The molecule has 0 heterocycles. The van der Waals surface area contributed by atoms with Gasteiger partial charge in [-0.05, 0) is 218 Å². The molecule has 0 saturated carbocycles. The first kappa shape index (κ1) is 119. The van der Waals surface area contributed by atoms with Crippen LogP contribution in [0.25, 0.3) is 0 Å². The molecule has 0 fully saturated rings. The van der Waals surface area contributed by atoms with Gasteiger partial charge in [0.15, 0.2) is 0 Å². The van der Waals surface area contributed by atoms with Crippen molar-refractivity contribution in [2.24, 2.45) is 0 Å². The van der Waals surface area contributed by atoms with Gasteiger partial charge in [0.25, 0.3) is 15.6 Å². The van der Waals surface area contributed by atoms with Crippen LogP contribution in [0.2, 0.25) is 0 Å². The monoisotopic (exact) mass is 2550 g/mol. The van der Waals surface area contributed by atoms with E-state index in [1.165, 1.54) is 95.5 Å². The molecule has 716 valence electrons. The summed E-state index contributed by atoms with van der Waals surface area (Å²) in [5.41, 5.74) is 0. The van der Waals surface area contributed by atoms with E-state index in [0.29, 0.717) is 0 Å². The fourth-order valence-electron chi connectivity index (χ4n) is 14.3. The second-order valence-corrected chi connectivity index (χ2v) is 49.3. The zero-order valence-electron chi connectivity index (χ0n) is 73.0. The van der Waals surface area contributed by atoms with E-state index in [1.54, 1.807) is 0 Å². The third kappa shape index (κ3) is 40.4. The fraction of sp³-hybridized carbons (Fsp3) is 0. The van der Waals surface area contributed by atoms with Crippen molar-refractivity contribution in [1.82, 2.24) is 0 Å². The molecule has 137 heavy (non-hydrogen) atoms. The second kappa shape index (κ2) is 63.9. The quantitative estimate of drug-likeness (QED) is 0.0405. The van der Waals surface area contributed by atoms with Crippen molar-refractivity contribution >= 4 is 174 Å². The molecule has 0 aliphatic carbocycles. The summed E-state index contributed by atoms with van der Waals surface area (Å²) in [7, 11) is -30.1. The minimum absolute atomic E-state index is 0. The van der Waals surface area contributed by atoms with Gasteiger partial charge < -0.3 is 38.5 Å². The first-order valence-corrected chi connectivity index (χ1v) is 56.7. The van der Waals surface area contributed by atoms with Gasteiger partial charge in [0.1, 0.15) is 95.5 Å². The molecule has 2 unspecified atom stereocenters. The van der Waals surface area contributed by atoms with Crippen molar-refractivity contribution in [1.29, 1.82) is 0 Å². The second-order valence-electron chi connectivity index (χ2n) is 28.9. The Balaban J connectivity index is 0.000000244. The van der Waals surface area contributed by atoms with Crippen LogP contribution in [0.3, 0.4) is 0 Å². The molecule has 18 aromatic carbocycles. The van der Waals surface area contributed by atoms with Crippen molar-refractivity contribution < 1.29 is 183 Å². The molecule has 18 aromatic rings. The Bertz CT molecular complexity index is 4960. The summed E-state index contributed by atoms with van der Waals surface area (Å²) in [5.74, 6) is 0. The topological polar surface area (TPSA) is 234 Å². The Labute approximate surface area is 893 Å². The number of hydrogen-bond donors (Lipinski definition) is 0. The normalized spacial score (nSPS) is 11.4. The molecule has 13 nitrogen and oxygen atoms in total. The van der Waals surface area contributed by atoms with Crippen molar-refractivity contribution in [3.63, 3.8) is 0 Å². The van der Waals surface area contributed by atoms with Gasteiger partial charge in [-0.25, -0.2) is 4.31 Å². The summed E-state index contributed by atoms with van der Waals surface area (Å²) in [5, 5.41) is 25.8. The molecule has 29 heteroatoms. The van der Waals surface area contributed by atoms with E-state index in [4.69, 9.17) is 0 Å². The minimum Gasteiger partial charge on any atom is -0.790 e. The molecule has 0 amide bonds. The molecule has 0 aliphatic rings. The van der Waals surface area contributed by atoms with Crippen molar-refractivity contribution in [3.05, 3.63) is 546 Å². The average Bonchev–Trinajstić information content (AvgIpc) is 0.844. The molecule has 2 atom stereocenters. The first-order chi connectivity index (χ1) is 63.8. The van der Waals surface area contributed by atoms with Crippen molar-refractivity contribution in [2.75, 3.05) is 0 Å². The van der Waals surface area contributed by atoms with Crippen LogP contribution < -0.4 is 125 Å². The van der Waals surface area contributed by atoms with Gasteiger partial charge in [-0.3, -0.25) is 17.8 Å². The van der Waals surface area contributed by atoms with Crippen LogP contribution in [0, 0.1) is 0 Å². The summed E-state index contributed by atoms with van der Waals surface area (Å²) < 4.78 is 48.5. The van der Waals surface area contributed by atoms with E-state index in [2.05, 4.69) is 559 Å². The maximum absolute atomic E-state index is 10.4. The van der Waals surface area contributed by atoms with E-state index in [9.17, 15) is 47.6 Å². The van der Waals surface area contributed by atoms with Crippen LogP contribution in [-0.2, 0) is 154 Å². The molecule has 0 aromatic heterocycles. The Morgan fingerprint density at radius 1 is 0.124 bits per heavy atom. The van der Waals surface area contributed by atoms with Crippen LogP contribution in [0.4, 0.5) is 0 Å². The largest absolute Gasteiger partial charge is 0.790 e. The summed E-state index contributed by atoms with van der Waals surface area (Å²) in [6.07, 6.45) is 0. The average molecular weight is 2550 g/mol. The van der Waals surface area contributed by atoms with E-state index in [0.717, 1.165) is 0 Å². The molecule has 0 N–H and O–H groups in total. The van der Waals surface area contributed by atoms with Gasteiger partial charge in [-0.15, -0.1) is 0 Å². The Morgan fingerprint density at radius 3 is 0.248 bits per heavy atom. The van der Waals surface area contributed by atoms with Gasteiger partial charge in [0.2, 0.25) is 0 Å². The minimum atomic E-state index is -6.26. The van der Waals surface area contributed by atoms with Crippen LogP contribution in [0.5, 0.6) is 0 Å². The summed E-state index contributed by atoms with van der Waals surface area (Å²) in [6, 6.07) is 195. The first-order valence-electron chi connectivity index (χ1n) is 41.8. The summed E-state index contributed by atoms with van der Waals surface area (Å²) in [6.45, 7) is 0. The summed E-state index contributed by atoms with van der Waals surface area (Å²) >= 11 is 0. The predicted octanol–water partition coefficient (Wildman–Crippen LogP) is 14.7. The van der Waals surface area contributed by atoms with Crippen LogP contribution in [0.1, 0.15) is 0 Å². The van der Waals surface area contributed by atoms with Gasteiger partial charge in [0.05, 0.1) is 63.2 Å². The SMILES string of the molecule is O=P([O-])([O-])OP(=O)([O-])OP(=O)([O-])OP(=O)([O-])[O-].[Pd].[Pd].[Pd].[Pd].[Pd].[Pd].c1ccc([PH+](c2ccccc2)c2ccccc2)cc1.c1ccc([PH+](c2ccccc2)c2ccccc2)cc1.c1ccc([PH+](c2ccccc2)c2ccccc2)cc1.c1ccc([PH+](c2ccccc2)c2ccccc2)cc1.c1ccc([PH+](c2ccccc2)c2ccccc2)cc1.c1ccc([PH+](c2ccccc2)c2ccccc2)cc1. The Kier molecular flexibility index (Phi) is 55.4. The number of phosphoric acid groups is 4. The van der Waals surface area contributed by atoms with Gasteiger partial charge in [0, 0.05) is 123 Å². The van der Waals surface area contributed by atoms with Crippen LogP contribution >= 0.6 is 78.8 Å². The van der Waals surface area contributed by atoms with Crippen molar-refractivity contribution in [3.8, 4) is 0 Å². The number of hydrogen-bond acceptors (Lipinski definition) is 13. The Hall–Kier alpha value is -6.93. The smallest absolute Gasteiger partial charge is 0.278 e. The zero-order valence-corrected chi connectivity index (χ0v) is 91.9. The molecule has 0 saturated heterocycles. The molecular weight excluding hydrogens is 2450 g/mol. The van der Waals surface area contributed by atoms with E-state index < -0.39 is 78.8 Å². The third-order valence-electron chi connectivity index (χ3n) is 19.7. The molecule has 18 rings (SSSR count). The van der Waals surface area contributed by atoms with Crippen LogP contribution in [0.15, 0.2) is 546 Å². The molecule has 0 radical (unpaired) electrons. The third-order valence-corrected chi connectivity index (χ3v) is 40.9. The van der Waals surface area contributed by atoms with E-state index in [1.807, 2.05) is 0 Å². The van der Waals surface area contributed by atoms with Crippen LogP contribution in [-0.4, -0.2) is 0 Å². The van der Waals surface area contributed by atoms with Crippen molar-refractivity contribution in [2.45, 2.75) is 0 Å². The summed E-state index contributed by atoms with van der Waals surface area (Å²) in [4.78, 5) is 60.0. The standard InChI is InChI=1S/6C18H15P.H6O13P4.6Pd/c6*1-4-10-16(11-5-1)19(17-12-6-2-7-13-17)18-14-8-3-9-15-18;1-14(2,3)11-16(7,8)13-17(9,10)12-15(4,5)6;;;;;;/h6*1-15H;(H,7,8)(H,9,10)(H2,1,2,3)(H2,4,5,6);;;;;;. The molecule has 0 aliphatic heterocycles. The van der Waals surface area contributed by atoms with Gasteiger partial charge >= 0.3 is 0 Å². The number of benzene rings is 18. The maximum atomic E-state index is 10.4. The zero-order chi connectivity index (χ0) is 91.6. The number of rotatable bonds is 24. The maximum Gasteiger partial charge on any atom is 0.278 e. The Morgan fingerprint density at radius 2 is 0.190 bits per heavy atom. The van der Waals surface area contributed by atoms with E-state index >= 15 is 0 Å². The molecule has 0 bridgehead atoms.